The molecule has 0 amide bonds. The lowest BCUT2D eigenvalue weighted by Gasteiger charge is -2.33. The van der Waals surface area contributed by atoms with Gasteiger partial charge in [-0.2, -0.15) is 0 Å². The molecule has 1 aromatic carbocycles. The van der Waals surface area contributed by atoms with E-state index in [1.54, 1.807) is 6.07 Å². The van der Waals surface area contributed by atoms with E-state index in [9.17, 15) is 4.39 Å². The lowest BCUT2D eigenvalue weighted by molar-refractivity contribution is 0.431. The summed E-state index contributed by atoms with van der Waals surface area (Å²) in [5.74, 6) is -0.123. The number of nitrogens with zero attached hydrogens (tertiary/aromatic N) is 2. The first kappa shape index (κ1) is 10.8. The number of hydrogen-bond acceptors (Lipinski definition) is 3. The maximum Gasteiger partial charge on any atom is 0.146 e. The fourth-order valence-electron chi connectivity index (χ4n) is 1.81. The lowest BCUT2D eigenvalue weighted by Crippen LogP contribution is -2.42. The van der Waals surface area contributed by atoms with Gasteiger partial charge in [-0.15, -0.1) is 0 Å². The predicted octanol–water partition coefficient (Wildman–Crippen LogP) is 2.10. The zero-order chi connectivity index (χ0) is 10.8. The minimum absolute atomic E-state index is 0.123. The van der Waals surface area contributed by atoms with E-state index in [1.807, 2.05) is 23.4 Å². The van der Waals surface area contributed by atoms with E-state index in [1.165, 1.54) is 0 Å². The molecule has 82 valence electrons. The Morgan fingerprint density at radius 3 is 2.47 bits per heavy atom. The fraction of sp³-hybridized carbons (Fsp3) is 0.455. The minimum atomic E-state index is -0.123. The third-order valence-corrected chi connectivity index (χ3v) is 3.10. The second kappa shape index (κ2) is 4.41. The van der Waals surface area contributed by atoms with E-state index >= 15 is 0 Å². The van der Waals surface area contributed by atoms with Crippen LogP contribution in [0.1, 0.15) is 5.56 Å². The monoisotopic (exact) mass is 226 g/mol. The number of anilines is 1. The summed E-state index contributed by atoms with van der Waals surface area (Å²) >= 11 is 4.27. The summed E-state index contributed by atoms with van der Waals surface area (Å²) in [5.41, 5.74) is 1.67. The van der Waals surface area contributed by atoms with E-state index in [0.717, 1.165) is 31.7 Å². The molecular formula is C11H15FN2S. The normalized spacial score (nSPS) is 18.2. The minimum Gasteiger partial charge on any atom is -0.367 e. The molecule has 1 saturated heterocycles. The molecule has 0 aliphatic carbocycles. The fourth-order valence-corrected chi connectivity index (χ4v) is 1.98. The first-order chi connectivity index (χ1) is 7.16. The van der Waals surface area contributed by atoms with Crippen LogP contribution in [0.2, 0.25) is 0 Å². The third-order valence-electron chi connectivity index (χ3n) is 2.70. The van der Waals surface area contributed by atoms with Crippen molar-refractivity contribution in [1.29, 1.82) is 0 Å². The van der Waals surface area contributed by atoms with Gasteiger partial charge in [0.25, 0.3) is 0 Å². The quantitative estimate of drug-likeness (QED) is 0.733. The number of hydrogen-bond donors (Lipinski definition) is 1. The van der Waals surface area contributed by atoms with Crippen LogP contribution < -0.4 is 4.90 Å². The number of halogens is 1. The molecule has 4 heteroatoms. The Morgan fingerprint density at radius 2 is 1.87 bits per heavy atom. The highest BCUT2D eigenvalue weighted by molar-refractivity contribution is 7.77. The van der Waals surface area contributed by atoms with Gasteiger partial charge in [-0.3, -0.25) is 0 Å². The smallest absolute Gasteiger partial charge is 0.146 e. The summed E-state index contributed by atoms with van der Waals surface area (Å²) in [5, 5.41) is 0. The van der Waals surface area contributed by atoms with Gasteiger partial charge in [0.2, 0.25) is 0 Å². The van der Waals surface area contributed by atoms with Crippen molar-refractivity contribution in [3.05, 3.63) is 29.6 Å². The van der Waals surface area contributed by atoms with Gasteiger partial charge in [0.1, 0.15) is 5.82 Å². The first-order valence-corrected chi connectivity index (χ1v) is 5.52. The zero-order valence-corrected chi connectivity index (χ0v) is 9.67. The van der Waals surface area contributed by atoms with Crippen LogP contribution in [0.4, 0.5) is 10.1 Å². The Balaban J connectivity index is 2.15. The Hall–Kier alpha value is -0.740. The van der Waals surface area contributed by atoms with Crippen molar-refractivity contribution in [3.63, 3.8) is 0 Å². The molecule has 1 aliphatic heterocycles. The van der Waals surface area contributed by atoms with Crippen molar-refractivity contribution in [3.8, 4) is 0 Å². The molecule has 0 bridgehead atoms. The Morgan fingerprint density at radius 1 is 1.20 bits per heavy atom. The van der Waals surface area contributed by atoms with Gasteiger partial charge in [0.05, 0.1) is 5.69 Å². The number of rotatable bonds is 1. The molecule has 0 radical (unpaired) electrons. The molecular weight excluding hydrogens is 211 g/mol. The average Bonchev–Trinajstić information content (AvgIpc) is 2.20. The van der Waals surface area contributed by atoms with Gasteiger partial charge in [0, 0.05) is 26.2 Å². The third kappa shape index (κ3) is 2.44. The number of benzene rings is 1. The highest BCUT2D eigenvalue weighted by atomic mass is 32.1. The lowest BCUT2D eigenvalue weighted by atomic mass is 10.2. The van der Waals surface area contributed by atoms with Crippen molar-refractivity contribution in [1.82, 2.24) is 4.31 Å². The van der Waals surface area contributed by atoms with Crippen LogP contribution in [0, 0.1) is 12.7 Å². The van der Waals surface area contributed by atoms with Gasteiger partial charge in [0.15, 0.2) is 0 Å². The summed E-state index contributed by atoms with van der Waals surface area (Å²) in [4.78, 5) is 2.07. The maximum absolute atomic E-state index is 13.7. The van der Waals surface area contributed by atoms with E-state index in [0.29, 0.717) is 5.69 Å². The van der Waals surface area contributed by atoms with E-state index < -0.39 is 0 Å². The molecule has 15 heavy (non-hydrogen) atoms. The molecule has 0 aromatic heterocycles. The summed E-state index contributed by atoms with van der Waals surface area (Å²) in [7, 11) is 0. The van der Waals surface area contributed by atoms with Crippen molar-refractivity contribution in [2.24, 2.45) is 0 Å². The average molecular weight is 226 g/mol. The molecule has 1 aliphatic rings. The molecule has 1 fully saturated rings. The van der Waals surface area contributed by atoms with Gasteiger partial charge < -0.3 is 4.90 Å². The second-order valence-electron chi connectivity index (χ2n) is 3.90. The molecule has 0 spiro atoms. The van der Waals surface area contributed by atoms with Crippen molar-refractivity contribution < 1.29 is 4.39 Å². The van der Waals surface area contributed by atoms with Crippen LogP contribution in [0.15, 0.2) is 18.2 Å². The predicted molar refractivity (Wildman–Crippen MR) is 63.9 cm³/mol. The summed E-state index contributed by atoms with van der Waals surface area (Å²) in [6, 6.07) is 5.40. The highest BCUT2D eigenvalue weighted by Crippen LogP contribution is 2.21. The molecule has 0 N–H and O–H groups in total. The van der Waals surface area contributed by atoms with Gasteiger partial charge in [-0.1, -0.05) is 18.9 Å². The molecule has 1 heterocycles. The Kier molecular flexibility index (Phi) is 3.17. The van der Waals surface area contributed by atoms with Crippen LogP contribution in [0.5, 0.6) is 0 Å². The number of aryl methyl sites for hydroxylation is 1. The SMILES string of the molecule is Cc1ccc(N2CCN(S)CC2)c(F)c1. The standard InChI is InChI=1S/C11H15FN2S/c1-9-2-3-11(10(12)8-9)13-4-6-14(15)7-5-13/h2-3,8,15H,4-7H2,1H3. The highest BCUT2D eigenvalue weighted by Gasteiger charge is 2.17. The Labute approximate surface area is 95.2 Å². The molecule has 2 rings (SSSR count). The first-order valence-electron chi connectivity index (χ1n) is 5.12. The second-order valence-corrected chi connectivity index (χ2v) is 4.46. The summed E-state index contributed by atoms with van der Waals surface area (Å²) in [6.07, 6.45) is 0. The van der Waals surface area contributed by atoms with Crippen molar-refractivity contribution in [2.75, 3.05) is 31.1 Å². The molecule has 2 nitrogen and oxygen atoms in total. The van der Waals surface area contributed by atoms with Crippen molar-refractivity contribution >= 4 is 18.5 Å². The van der Waals surface area contributed by atoms with Crippen molar-refractivity contribution in [2.45, 2.75) is 6.92 Å². The number of thiol groups is 1. The van der Waals surface area contributed by atoms with E-state index in [-0.39, 0.29) is 5.82 Å². The summed E-state index contributed by atoms with van der Waals surface area (Å²) < 4.78 is 15.6. The van der Waals surface area contributed by atoms with Gasteiger partial charge in [-0.25, -0.2) is 8.70 Å². The molecule has 1 aromatic rings. The van der Waals surface area contributed by atoms with Crippen LogP contribution in [0.3, 0.4) is 0 Å². The van der Waals surface area contributed by atoms with E-state index in [2.05, 4.69) is 17.7 Å². The van der Waals surface area contributed by atoms with Crippen LogP contribution in [-0.2, 0) is 0 Å². The largest absolute Gasteiger partial charge is 0.367 e. The van der Waals surface area contributed by atoms with Crippen LogP contribution in [-0.4, -0.2) is 30.5 Å². The van der Waals surface area contributed by atoms with E-state index in [4.69, 9.17) is 0 Å². The zero-order valence-electron chi connectivity index (χ0n) is 8.78. The Bertz CT molecular complexity index is 348. The molecule has 0 saturated carbocycles. The van der Waals surface area contributed by atoms with Gasteiger partial charge >= 0.3 is 0 Å². The summed E-state index contributed by atoms with van der Waals surface area (Å²) in [6.45, 7) is 5.32. The topological polar surface area (TPSA) is 6.48 Å². The van der Waals surface area contributed by atoms with Crippen LogP contribution >= 0.6 is 12.8 Å². The maximum atomic E-state index is 13.7. The van der Waals surface area contributed by atoms with Gasteiger partial charge in [-0.05, 0) is 24.6 Å². The van der Waals surface area contributed by atoms with Crippen LogP contribution in [0.25, 0.3) is 0 Å². The number of piperazine rings is 1. The molecule has 0 atom stereocenters. The molecule has 0 unspecified atom stereocenters.